The van der Waals surface area contributed by atoms with Gasteiger partial charge in [0.15, 0.2) is 5.17 Å². The van der Waals surface area contributed by atoms with Crippen LogP contribution in [0.1, 0.15) is 25.8 Å². The summed E-state index contributed by atoms with van der Waals surface area (Å²) in [6, 6.07) is 6.03. The smallest absolute Gasteiger partial charge is 0.161 e. The van der Waals surface area contributed by atoms with Crippen molar-refractivity contribution in [2.75, 3.05) is 11.9 Å². The molecule has 1 heterocycles. The number of hydrogen-bond acceptors (Lipinski definition) is 3. The van der Waals surface area contributed by atoms with Crippen LogP contribution in [-0.2, 0) is 0 Å². The Balaban J connectivity index is 1.95. The van der Waals surface area contributed by atoms with Crippen LogP contribution in [0.5, 0.6) is 0 Å². The van der Waals surface area contributed by atoms with Gasteiger partial charge in [-0.2, -0.15) is 0 Å². The Labute approximate surface area is 118 Å². The largest absolute Gasteiger partial charge is 0.334 e. The van der Waals surface area contributed by atoms with Gasteiger partial charge < -0.3 is 5.32 Å². The minimum Gasteiger partial charge on any atom is -0.334 e. The van der Waals surface area contributed by atoms with Gasteiger partial charge in [0.1, 0.15) is 0 Å². The summed E-state index contributed by atoms with van der Waals surface area (Å²) in [4.78, 5) is 4.54. The fraction of sp³-hybridized carbons (Fsp3) is 0.500. The van der Waals surface area contributed by atoms with Crippen molar-refractivity contribution >= 4 is 34.2 Å². The van der Waals surface area contributed by atoms with Gasteiger partial charge in [0, 0.05) is 5.25 Å². The van der Waals surface area contributed by atoms with Crippen molar-refractivity contribution in [3.8, 4) is 0 Å². The van der Waals surface area contributed by atoms with Crippen molar-refractivity contribution in [2.45, 2.75) is 32.4 Å². The van der Waals surface area contributed by atoms with Crippen molar-refractivity contribution in [2.24, 2.45) is 10.9 Å². The topological polar surface area (TPSA) is 24.4 Å². The number of benzene rings is 1. The van der Waals surface area contributed by atoms with Crippen molar-refractivity contribution in [3.63, 3.8) is 0 Å². The standard InChI is InChI=1S/C14H19ClN2S/c1-9(2)6-11-8-16-14(18-11)17-13-5-4-10(3)7-12(13)15/h4-5,7,9,11H,6,8H2,1-3H3,(H,16,17). The fourth-order valence-corrected chi connectivity index (χ4v) is 3.52. The zero-order valence-electron chi connectivity index (χ0n) is 11.0. The summed E-state index contributed by atoms with van der Waals surface area (Å²) in [5.74, 6) is 0.722. The van der Waals surface area contributed by atoms with E-state index in [9.17, 15) is 0 Å². The Bertz CT molecular complexity index is 457. The average molecular weight is 283 g/mol. The molecule has 1 unspecified atom stereocenters. The Morgan fingerprint density at radius 2 is 2.28 bits per heavy atom. The van der Waals surface area contributed by atoms with Crippen LogP contribution in [0.3, 0.4) is 0 Å². The summed E-state index contributed by atoms with van der Waals surface area (Å²) in [5.41, 5.74) is 2.11. The number of anilines is 1. The minimum absolute atomic E-state index is 0.608. The molecule has 1 aliphatic rings. The van der Waals surface area contributed by atoms with E-state index < -0.39 is 0 Å². The summed E-state index contributed by atoms with van der Waals surface area (Å²) in [7, 11) is 0. The monoisotopic (exact) mass is 282 g/mol. The highest BCUT2D eigenvalue weighted by Crippen LogP contribution is 2.29. The Morgan fingerprint density at radius 1 is 1.50 bits per heavy atom. The van der Waals surface area contributed by atoms with Crippen LogP contribution in [-0.4, -0.2) is 17.0 Å². The van der Waals surface area contributed by atoms with E-state index in [2.05, 4.69) is 30.2 Å². The highest BCUT2D eigenvalue weighted by molar-refractivity contribution is 8.15. The molecule has 0 radical (unpaired) electrons. The number of rotatable bonds is 3. The van der Waals surface area contributed by atoms with Gasteiger partial charge in [-0.15, -0.1) is 0 Å². The Morgan fingerprint density at radius 3 is 2.94 bits per heavy atom. The normalized spacial score (nSPS) is 19.2. The zero-order valence-corrected chi connectivity index (χ0v) is 12.6. The lowest BCUT2D eigenvalue weighted by molar-refractivity contribution is 0.575. The lowest BCUT2D eigenvalue weighted by atomic mass is 10.1. The third-order valence-electron chi connectivity index (χ3n) is 2.82. The molecule has 0 spiro atoms. The first kappa shape index (κ1) is 13.8. The third kappa shape index (κ3) is 3.66. The number of nitrogens with one attached hydrogen (secondary N) is 1. The van der Waals surface area contributed by atoms with Gasteiger partial charge in [-0.3, -0.25) is 4.99 Å². The van der Waals surface area contributed by atoms with E-state index >= 15 is 0 Å². The number of halogens is 1. The van der Waals surface area contributed by atoms with Crippen LogP contribution < -0.4 is 5.32 Å². The lowest BCUT2D eigenvalue weighted by Gasteiger charge is -2.12. The molecule has 1 atom stereocenters. The summed E-state index contributed by atoms with van der Waals surface area (Å²) in [5, 5.41) is 5.68. The van der Waals surface area contributed by atoms with Crippen molar-refractivity contribution in [1.29, 1.82) is 0 Å². The van der Waals surface area contributed by atoms with E-state index in [0.29, 0.717) is 5.25 Å². The van der Waals surface area contributed by atoms with Crippen LogP contribution in [0.2, 0.25) is 5.02 Å². The van der Waals surface area contributed by atoms with Gasteiger partial charge in [0.25, 0.3) is 0 Å². The van der Waals surface area contributed by atoms with E-state index in [1.54, 1.807) is 0 Å². The number of thioether (sulfide) groups is 1. The molecule has 18 heavy (non-hydrogen) atoms. The molecule has 4 heteroatoms. The first-order valence-corrected chi connectivity index (χ1v) is 7.54. The summed E-state index contributed by atoms with van der Waals surface area (Å²) < 4.78 is 0. The first-order valence-electron chi connectivity index (χ1n) is 6.29. The molecule has 0 amide bonds. The van der Waals surface area contributed by atoms with Crippen molar-refractivity contribution in [3.05, 3.63) is 28.8 Å². The van der Waals surface area contributed by atoms with E-state index in [1.807, 2.05) is 30.8 Å². The molecule has 0 aliphatic carbocycles. The fourth-order valence-electron chi connectivity index (χ4n) is 1.97. The second kappa shape index (κ2) is 5.98. The summed E-state index contributed by atoms with van der Waals surface area (Å²) in [6.45, 7) is 7.45. The van der Waals surface area contributed by atoms with Gasteiger partial charge >= 0.3 is 0 Å². The predicted molar refractivity (Wildman–Crippen MR) is 82.9 cm³/mol. The molecular formula is C14H19ClN2S. The molecule has 0 saturated carbocycles. The number of nitrogens with zero attached hydrogens (tertiary/aromatic N) is 1. The maximum atomic E-state index is 6.20. The second-order valence-electron chi connectivity index (χ2n) is 5.12. The highest BCUT2D eigenvalue weighted by Gasteiger charge is 2.20. The molecule has 2 nitrogen and oxygen atoms in total. The number of amidine groups is 1. The van der Waals surface area contributed by atoms with Gasteiger partial charge in [0.05, 0.1) is 17.3 Å². The van der Waals surface area contributed by atoms with E-state index in [-0.39, 0.29) is 0 Å². The first-order chi connectivity index (χ1) is 8.54. The minimum atomic E-state index is 0.608. The molecule has 1 aromatic rings. The van der Waals surface area contributed by atoms with Crippen LogP contribution >= 0.6 is 23.4 Å². The van der Waals surface area contributed by atoms with Crippen LogP contribution in [0, 0.1) is 12.8 Å². The predicted octanol–water partition coefficient (Wildman–Crippen LogP) is 4.58. The maximum Gasteiger partial charge on any atom is 0.161 e. The van der Waals surface area contributed by atoms with E-state index in [0.717, 1.165) is 28.3 Å². The average Bonchev–Trinajstić information content (AvgIpc) is 2.69. The molecule has 0 bridgehead atoms. The molecule has 1 aromatic carbocycles. The van der Waals surface area contributed by atoms with E-state index in [4.69, 9.17) is 11.6 Å². The van der Waals surface area contributed by atoms with Crippen molar-refractivity contribution < 1.29 is 0 Å². The van der Waals surface area contributed by atoms with Crippen LogP contribution in [0.4, 0.5) is 5.69 Å². The number of aliphatic imine (C=N–C) groups is 1. The molecule has 0 saturated heterocycles. The van der Waals surface area contributed by atoms with Gasteiger partial charge in [-0.25, -0.2) is 0 Å². The molecule has 2 rings (SSSR count). The maximum absolute atomic E-state index is 6.20. The van der Waals surface area contributed by atoms with Gasteiger partial charge in [0.2, 0.25) is 0 Å². The summed E-state index contributed by atoms with van der Waals surface area (Å²) >= 11 is 8.03. The van der Waals surface area contributed by atoms with Crippen LogP contribution in [0.15, 0.2) is 23.2 Å². The Hall–Kier alpha value is -0.670. The van der Waals surface area contributed by atoms with Gasteiger partial charge in [-0.1, -0.05) is 43.3 Å². The molecule has 0 aromatic heterocycles. The van der Waals surface area contributed by atoms with E-state index in [1.165, 1.54) is 12.0 Å². The zero-order chi connectivity index (χ0) is 13.1. The molecule has 98 valence electrons. The number of aryl methyl sites for hydroxylation is 1. The SMILES string of the molecule is Cc1ccc(NC2=NCC(CC(C)C)S2)c(Cl)c1. The third-order valence-corrected chi connectivity index (χ3v) is 4.26. The molecule has 1 N–H and O–H groups in total. The number of hydrogen-bond donors (Lipinski definition) is 1. The van der Waals surface area contributed by atoms with Gasteiger partial charge in [-0.05, 0) is 37.0 Å². The quantitative estimate of drug-likeness (QED) is 0.878. The second-order valence-corrected chi connectivity index (χ2v) is 6.82. The molecular weight excluding hydrogens is 264 g/mol. The van der Waals surface area contributed by atoms with Crippen LogP contribution in [0.25, 0.3) is 0 Å². The summed E-state index contributed by atoms with van der Waals surface area (Å²) in [6.07, 6.45) is 1.21. The molecule has 0 fully saturated rings. The lowest BCUT2D eigenvalue weighted by Crippen LogP contribution is -2.10. The van der Waals surface area contributed by atoms with Crippen molar-refractivity contribution in [1.82, 2.24) is 0 Å². The molecule has 1 aliphatic heterocycles. The Kier molecular flexibility index (Phi) is 4.57. The highest BCUT2D eigenvalue weighted by atomic mass is 35.5.